The van der Waals surface area contributed by atoms with Gasteiger partial charge in [-0.1, -0.05) is 30.3 Å². The lowest BCUT2D eigenvalue weighted by molar-refractivity contribution is 0.122. The molecule has 0 spiro atoms. The van der Waals surface area contributed by atoms with Crippen molar-refractivity contribution in [1.29, 1.82) is 0 Å². The highest BCUT2D eigenvalue weighted by Crippen LogP contribution is 2.24. The molecular formula is C27H25N5O3. The molecule has 5 rings (SSSR count). The zero-order chi connectivity index (χ0) is 23.9. The van der Waals surface area contributed by atoms with Gasteiger partial charge in [-0.05, 0) is 60.7 Å². The SMILES string of the molecule is O=C(Nc1ccc(Oc2ccccc2)cc1)Nc1ccc(-c2ccc(N3CCOCC3)nn2)cc1. The Morgan fingerprint density at radius 1 is 0.743 bits per heavy atom. The number of carbonyl (C=O) groups excluding carboxylic acids is 1. The summed E-state index contributed by atoms with van der Waals surface area (Å²) in [6.07, 6.45) is 0. The molecule has 8 heteroatoms. The van der Waals surface area contributed by atoms with E-state index in [1.807, 2.05) is 78.9 Å². The fraction of sp³-hybridized carbons (Fsp3) is 0.148. The van der Waals surface area contributed by atoms with Crippen LogP contribution >= 0.6 is 0 Å². The van der Waals surface area contributed by atoms with Gasteiger partial charge in [-0.2, -0.15) is 0 Å². The summed E-state index contributed by atoms with van der Waals surface area (Å²) in [5.74, 6) is 2.30. The summed E-state index contributed by atoms with van der Waals surface area (Å²) < 4.78 is 11.2. The first kappa shape index (κ1) is 22.4. The average molecular weight is 468 g/mol. The molecule has 4 aromatic rings. The number of hydrogen-bond donors (Lipinski definition) is 2. The molecule has 2 heterocycles. The maximum atomic E-state index is 12.4. The average Bonchev–Trinajstić information content (AvgIpc) is 2.91. The Labute approximate surface area is 203 Å². The predicted octanol–water partition coefficient (Wildman–Crippen LogP) is 5.42. The quantitative estimate of drug-likeness (QED) is 0.394. The molecule has 2 N–H and O–H groups in total. The van der Waals surface area contributed by atoms with Gasteiger partial charge in [0.1, 0.15) is 11.5 Å². The van der Waals surface area contributed by atoms with Crippen LogP contribution in [0.2, 0.25) is 0 Å². The van der Waals surface area contributed by atoms with Gasteiger partial charge < -0.3 is 25.0 Å². The van der Waals surface area contributed by atoms with Crippen molar-refractivity contribution in [2.45, 2.75) is 0 Å². The lowest BCUT2D eigenvalue weighted by atomic mass is 10.1. The third kappa shape index (κ3) is 5.93. The number of rotatable bonds is 6. The summed E-state index contributed by atoms with van der Waals surface area (Å²) in [4.78, 5) is 14.6. The van der Waals surface area contributed by atoms with Gasteiger partial charge in [0, 0.05) is 30.0 Å². The van der Waals surface area contributed by atoms with E-state index in [0.717, 1.165) is 35.9 Å². The highest BCUT2D eigenvalue weighted by Gasteiger charge is 2.13. The lowest BCUT2D eigenvalue weighted by Crippen LogP contribution is -2.36. The molecule has 176 valence electrons. The first-order chi connectivity index (χ1) is 17.2. The molecule has 0 bridgehead atoms. The molecule has 0 radical (unpaired) electrons. The van der Waals surface area contributed by atoms with Crippen LogP contribution in [0.15, 0.2) is 91.0 Å². The molecule has 0 aliphatic carbocycles. The fourth-order valence-corrected chi connectivity index (χ4v) is 3.69. The monoisotopic (exact) mass is 467 g/mol. The van der Waals surface area contributed by atoms with Crippen LogP contribution in [0, 0.1) is 0 Å². The number of para-hydroxylation sites is 1. The predicted molar refractivity (Wildman–Crippen MR) is 136 cm³/mol. The minimum Gasteiger partial charge on any atom is -0.457 e. The molecule has 0 saturated carbocycles. The highest BCUT2D eigenvalue weighted by molar-refractivity contribution is 5.99. The summed E-state index contributed by atoms with van der Waals surface area (Å²) in [7, 11) is 0. The van der Waals surface area contributed by atoms with Crippen molar-refractivity contribution in [1.82, 2.24) is 10.2 Å². The van der Waals surface area contributed by atoms with Gasteiger partial charge in [0.05, 0.1) is 18.9 Å². The van der Waals surface area contributed by atoms with E-state index in [1.165, 1.54) is 0 Å². The van der Waals surface area contributed by atoms with Gasteiger partial charge in [-0.3, -0.25) is 0 Å². The number of amides is 2. The van der Waals surface area contributed by atoms with Crippen LogP contribution in [0.3, 0.4) is 0 Å². The van der Waals surface area contributed by atoms with Crippen LogP contribution in [-0.2, 0) is 4.74 Å². The van der Waals surface area contributed by atoms with Gasteiger partial charge in [0.2, 0.25) is 0 Å². The van der Waals surface area contributed by atoms with Crippen molar-refractivity contribution in [3.63, 3.8) is 0 Å². The van der Waals surface area contributed by atoms with Gasteiger partial charge in [-0.25, -0.2) is 4.79 Å². The molecule has 1 saturated heterocycles. The van der Waals surface area contributed by atoms with Crippen LogP contribution in [0.1, 0.15) is 0 Å². The number of anilines is 3. The smallest absolute Gasteiger partial charge is 0.323 e. The van der Waals surface area contributed by atoms with E-state index < -0.39 is 0 Å². The van der Waals surface area contributed by atoms with E-state index in [4.69, 9.17) is 9.47 Å². The number of aromatic nitrogens is 2. The number of hydrogen-bond acceptors (Lipinski definition) is 6. The molecule has 1 aromatic heterocycles. The summed E-state index contributed by atoms with van der Waals surface area (Å²) in [6.45, 7) is 3.06. The molecule has 1 fully saturated rings. The number of morpholine rings is 1. The van der Waals surface area contributed by atoms with E-state index in [0.29, 0.717) is 30.3 Å². The highest BCUT2D eigenvalue weighted by atomic mass is 16.5. The molecule has 0 atom stereocenters. The van der Waals surface area contributed by atoms with E-state index in [-0.39, 0.29) is 6.03 Å². The number of carbonyl (C=O) groups is 1. The Bertz CT molecular complexity index is 1240. The second kappa shape index (κ2) is 10.7. The van der Waals surface area contributed by atoms with E-state index >= 15 is 0 Å². The maximum absolute atomic E-state index is 12.4. The minimum atomic E-state index is -0.330. The van der Waals surface area contributed by atoms with Crippen molar-refractivity contribution in [2.24, 2.45) is 0 Å². The Morgan fingerprint density at radius 2 is 1.37 bits per heavy atom. The van der Waals surface area contributed by atoms with Crippen LogP contribution in [0.5, 0.6) is 11.5 Å². The summed E-state index contributed by atoms with van der Waals surface area (Å²) in [5.41, 5.74) is 3.03. The van der Waals surface area contributed by atoms with E-state index in [9.17, 15) is 4.79 Å². The largest absolute Gasteiger partial charge is 0.457 e. The molecule has 2 amide bonds. The number of benzene rings is 3. The van der Waals surface area contributed by atoms with Crippen molar-refractivity contribution in [2.75, 3.05) is 41.8 Å². The first-order valence-corrected chi connectivity index (χ1v) is 11.4. The third-order valence-electron chi connectivity index (χ3n) is 5.52. The zero-order valence-corrected chi connectivity index (χ0v) is 19.1. The van der Waals surface area contributed by atoms with Crippen molar-refractivity contribution >= 4 is 23.2 Å². The molecule has 8 nitrogen and oxygen atoms in total. The fourth-order valence-electron chi connectivity index (χ4n) is 3.69. The lowest BCUT2D eigenvalue weighted by Gasteiger charge is -2.27. The molecule has 3 aromatic carbocycles. The number of ether oxygens (including phenoxy) is 2. The molecular weight excluding hydrogens is 442 g/mol. The molecule has 1 aliphatic heterocycles. The summed E-state index contributed by atoms with van der Waals surface area (Å²) >= 11 is 0. The van der Waals surface area contributed by atoms with Crippen LogP contribution in [0.25, 0.3) is 11.3 Å². The van der Waals surface area contributed by atoms with Gasteiger partial charge in [-0.15, -0.1) is 10.2 Å². The Morgan fingerprint density at radius 3 is 2.00 bits per heavy atom. The minimum absolute atomic E-state index is 0.330. The summed E-state index contributed by atoms with van der Waals surface area (Å²) in [6, 6.07) is 27.8. The van der Waals surface area contributed by atoms with Gasteiger partial charge >= 0.3 is 6.03 Å². The molecule has 1 aliphatic rings. The Balaban J connectivity index is 1.14. The second-order valence-corrected chi connectivity index (χ2v) is 7.97. The van der Waals surface area contributed by atoms with Crippen molar-refractivity contribution in [3.05, 3.63) is 91.0 Å². The van der Waals surface area contributed by atoms with E-state index in [1.54, 1.807) is 12.1 Å². The molecule has 35 heavy (non-hydrogen) atoms. The zero-order valence-electron chi connectivity index (χ0n) is 19.1. The van der Waals surface area contributed by atoms with Crippen molar-refractivity contribution < 1.29 is 14.3 Å². The first-order valence-electron chi connectivity index (χ1n) is 11.4. The van der Waals surface area contributed by atoms with Gasteiger partial charge in [0.25, 0.3) is 0 Å². The number of urea groups is 1. The topological polar surface area (TPSA) is 88.6 Å². The standard InChI is InChI=1S/C27H25N5O3/c33-27(29-22-10-12-24(13-11-22)35-23-4-2-1-3-5-23)28-21-8-6-20(7-9-21)25-14-15-26(31-30-25)32-16-18-34-19-17-32/h1-15H,16-19H2,(H2,28,29,33). The maximum Gasteiger partial charge on any atom is 0.323 e. The number of nitrogens with zero attached hydrogens (tertiary/aromatic N) is 3. The van der Waals surface area contributed by atoms with Gasteiger partial charge in [0.15, 0.2) is 5.82 Å². The van der Waals surface area contributed by atoms with Crippen LogP contribution in [0.4, 0.5) is 22.0 Å². The Kier molecular flexibility index (Phi) is 6.82. The normalized spacial score (nSPS) is 13.2. The Hall–Kier alpha value is -4.43. The second-order valence-electron chi connectivity index (χ2n) is 7.97. The van der Waals surface area contributed by atoms with Crippen molar-refractivity contribution in [3.8, 4) is 22.8 Å². The third-order valence-corrected chi connectivity index (χ3v) is 5.52. The van der Waals surface area contributed by atoms with Crippen LogP contribution in [-0.4, -0.2) is 42.5 Å². The van der Waals surface area contributed by atoms with E-state index in [2.05, 4.69) is 25.7 Å². The van der Waals surface area contributed by atoms with Crippen LogP contribution < -0.4 is 20.3 Å². The summed E-state index contributed by atoms with van der Waals surface area (Å²) in [5, 5.41) is 14.4. The molecule has 0 unspecified atom stereocenters. The number of nitrogens with one attached hydrogen (secondary N) is 2.